The fourth-order valence-electron chi connectivity index (χ4n) is 2.91. The maximum atomic E-state index is 13.0. The molecule has 0 amide bonds. The molecule has 0 radical (unpaired) electrons. The molecule has 2 aromatic carbocycles. The highest BCUT2D eigenvalue weighted by Crippen LogP contribution is 2.33. The van der Waals surface area contributed by atoms with Crippen LogP contribution in [-0.2, 0) is 9.53 Å². The SMILES string of the molecule is CCOc1ccccc1Oc1c(C)oc2cc(OCC(=O)OC(C)(C)C)ccc2c1=O. The van der Waals surface area contributed by atoms with E-state index in [0.29, 0.717) is 40.6 Å². The number of hydrogen-bond donors (Lipinski definition) is 0. The minimum Gasteiger partial charge on any atom is -0.490 e. The molecule has 0 aliphatic heterocycles. The third-order valence-corrected chi connectivity index (χ3v) is 4.12. The fourth-order valence-corrected chi connectivity index (χ4v) is 2.91. The van der Waals surface area contributed by atoms with Crippen LogP contribution in [-0.4, -0.2) is 24.8 Å². The second-order valence-corrected chi connectivity index (χ2v) is 7.83. The Balaban J connectivity index is 1.85. The molecule has 0 bridgehead atoms. The Labute approximate surface area is 180 Å². The summed E-state index contributed by atoms with van der Waals surface area (Å²) in [7, 11) is 0. The third-order valence-electron chi connectivity index (χ3n) is 4.12. The van der Waals surface area contributed by atoms with Gasteiger partial charge in [0.25, 0.3) is 0 Å². The minimum atomic E-state index is -0.592. The van der Waals surface area contributed by atoms with E-state index in [1.165, 1.54) is 0 Å². The van der Waals surface area contributed by atoms with E-state index in [1.54, 1.807) is 64.1 Å². The normalized spacial score (nSPS) is 11.3. The predicted molar refractivity (Wildman–Crippen MR) is 116 cm³/mol. The Hall–Kier alpha value is -3.48. The van der Waals surface area contributed by atoms with Gasteiger partial charge < -0.3 is 23.4 Å². The van der Waals surface area contributed by atoms with Crippen LogP contribution in [0.2, 0.25) is 0 Å². The molecule has 7 heteroatoms. The lowest BCUT2D eigenvalue weighted by Gasteiger charge is -2.19. The zero-order valence-corrected chi connectivity index (χ0v) is 18.3. The molecule has 3 aromatic rings. The molecule has 0 saturated heterocycles. The van der Waals surface area contributed by atoms with Crippen molar-refractivity contribution in [3.63, 3.8) is 0 Å². The average Bonchev–Trinajstić information content (AvgIpc) is 2.69. The van der Waals surface area contributed by atoms with Crippen LogP contribution in [0.3, 0.4) is 0 Å². The maximum Gasteiger partial charge on any atom is 0.344 e. The molecule has 0 aliphatic rings. The van der Waals surface area contributed by atoms with Gasteiger partial charge in [-0.3, -0.25) is 4.79 Å². The van der Waals surface area contributed by atoms with Crippen LogP contribution in [0.25, 0.3) is 11.0 Å². The molecule has 0 fully saturated rings. The molecular weight excluding hydrogens is 400 g/mol. The Morgan fingerprint density at radius 3 is 2.42 bits per heavy atom. The van der Waals surface area contributed by atoms with Crippen molar-refractivity contribution in [3.05, 3.63) is 58.4 Å². The molecule has 0 saturated carbocycles. The fraction of sp³-hybridized carbons (Fsp3) is 0.333. The lowest BCUT2D eigenvalue weighted by Crippen LogP contribution is -2.27. The van der Waals surface area contributed by atoms with E-state index in [1.807, 2.05) is 13.0 Å². The number of carbonyl (C=O) groups is 1. The minimum absolute atomic E-state index is 0.0853. The highest BCUT2D eigenvalue weighted by atomic mass is 16.6. The van der Waals surface area contributed by atoms with Gasteiger partial charge in [0.1, 0.15) is 22.7 Å². The van der Waals surface area contributed by atoms with Gasteiger partial charge in [0.15, 0.2) is 18.1 Å². The van der Waals surface area contributed by atoms with E-state index in [2.05, 4.69) is 0 Å². The Kier molecular flexibility index (Phi) is 6.53. The van der Waals surface area contributed by atoms with Crippen LogP contribution >= 0.6 is 0 Å². The van der Waals surface area contributed by atoms with Crippen LogP contribution in [0.5, 0.6) is 23.0 Å². The van der Waals surface area contributed by atoms with Gasteiger partial charge in [0.2, 0.25) is 11.2 Å². The zero-order chi connectivity index (χ0) is 22.6. The molecular formula is C24H26O7. The molecule has 0 N–H and O–H groups in total. The van der Waals surface area contributed by atoms with Gasteiger partial charge in [0.05, 0.1) is 12.0 Å². The van der Waals surface area contributed by atoms with Crippen molar-refractivity contribution in [3.8, 4) is 23.0 Å². The van der Waals surface area contributed by atoms with Crippen molar-refractivity contribution < 1.29 is 28.2 Å². The highest BCUT2D eigenvalue weighted by Gasteiger charge is 2.18. The number of para-hydroxylation sites is 2. The van der Waals surface area contributed by atoms with Crippen molar-refractivity contribution in [1.29, 1.82) is 0 Å². The lowest BCUT2D eigenvalue weighted by atomic mass is 10.2. The second-order valence-electron chi connectivity index (χ2n) is 7.83. The van der Waals surface area contributed by atoms with Crippen LogP contribution in [0.4, 0.5) is 0 Å². The van der Waals surface area contributed by atoms with Gasteiger partial charge in [-0.2, -0.15) is 0 Å². The smallest absolute Gasteiger partial charge is 0.344 e. The molecule has 0 aliphatic carbocycles. The molecule has 7 nitrogen and oxygen atoms in total. The second kappa shape index (κ2) is 9.12. The summed E-state index contributed by atoms with van der Waals surface area (Å²) in [6.07, 6.45) is 0. The number of hydrogen-bond acceptors (Lipinski definition) is 7. The van der Waals surface area contributed by atoms with E-state index in [0.717, 1.165) is 0 Å². The van der Waals surface area contributed by atoms with Gasteiger partial charge in [-0.25, -0.2) is 4.79 Å². The molecule has 1 heterocycles. The van der Waals surface area contributed by atoms with Crippen molar-refractivity contribution in [2.75, 3.05) is 13.2 Å². The summed E-state index contributed by atoms with van der Waals surface area (Å²) in [4.78, 5) is 24.9. The van der Waals surface area contributed by atoms with Crippen LogP contribution in [0, 0.1) is 6.92 Å². The Morgan fingerprint density at radius 1 is 1.03 bits per heavy atom. The van der Waals surface area contributed by atoms with Crippen molar-refractivity contribution in [1.82, 2.24) is 0 Å². The summed E-state index contributed by atoms with van der Waals surface area (Å²) >= 11 is 0. The van der Waals surface area contributed by atoms with Crippen LogP contribution in [0.1, 0.15) is 33.5 Å². The van der Waals surface area contributed by atoms with Crippen LogP contribution < -0.4 is 19.6 Å². The number of aryl methyl sites for hydroxylation is 1. The first kappa shape index (κ1) is 22.2. The van der Waals surface area contributed by atoms with Crippen molar-refractivity contribution in [2.45, 2.75) is 40.2 Å². The number of ether oxygens (including phenoxy) is 4. The van der Waals surface area contributed by atoms with Gasteiger partial charge >= 0.3 is 5.97 Å². The van der Waals surface area contributed by atoms with E-state index in [4.69, 9.17) is 23.4 Å². The average molecular weight is 426 g/mol. The van der Waals surface area contributed by atoms with Gasteiger partial charge in [-0.05, 0) is 58.9 Å². The number of rotatable bonds is 7. The standard InChI is InChI=1S/C24H26O7/c1-6-27-18-9-7-8-10-19(18)30-23-15(2)29-20-13-16(11-12-17(20)22(23)26)28-14-21(25)31-24(3,4)5/h7-13H,6,14H2,1-5H3. The predicted octanol–water partition coefficient (Wildman–Crippen LogP) is 5.01. The van der Waals surface area contributed by atoms with E-state index in [9.17, 15) is 9.59 Å². The summed E-state index contributed by atoms with van der Waals surface area (Å²) in [5, 5.41) is 0.333. The van der Waals surface area contributed by atoms with Crippen molar-refractivity contribution in [2.24, 2.45) is 0 Å². The molecule has 164 valence electrons. The van der Waals surface area contributed by atoms with E-state index >= 15 is 0 Å². The van der Waals surface area contributed by atoms with Gasteiger partial charge in [-0.1, -0.05) is 12.1 Å². The first-order valence-corrected chi connectivity index (χ1v) is 9.99. The largest absolute Gasteiger partial charge is 0.490 e. The van der Waals surface area contributed by atoms with E-state index in [-0.39, 0.29) is 17.8 Å². The Morgan fingerprint density at radius 2 is 1.74 bits per heavy atom. The molecule has 0 atom stereocenters. The molecule has 31 heavy (non-hydrogen) atoms. The Bertz CT molecular complexity index is 1140. The molecule has 3 rings (SSSR count). The summed E-state index contributed by atoms with van der Waals surface area (Å²) in [5.74, 6) is 1.26. The third kappa shape index (κ3) is 5.57. The molecule has 0 unspecified atom stereocenters. The van der Waals surface area contributed by atoms with Crippen LogP contribution in [0.15, 0.2) is 51.7 Å². The summed E-state index contributed by atoms with van der Waals surface area (Å²) in [6.45, 7) is 9.09. The quantitative estimate of drug-likeness (QED) is 0.491. The highest BCUT2D eigenvalue weighted by molar-refractivity contribution is 5.80. The topological polar surface area (TPSA) is 84.2 Å². The summed E-state index contributed by atoms with van der Waals surface area (Å²) in [6, 6.07) is 11.8. The van der Waals surface area contributed by atoms with Gasteiger partial charge in [0, 0.05) is 6.07 Å². The monoisotopic (exact) mass is 426 g/mol. The van der Waals surface area contributed by atoms with Gasteiger partial charge in [-0.15, -0.1) is 0 Å². The molecule has 0 spiro atoms. The first-order valence-electron chi connectivity index (χ1n) is 9.99. The number of carbonyl (C=O) groups excluding carboxylic acids is 1. The number of benzene rings is 2. The first-order chi connectivity index (χ1) is 14.7. The van der Waals surface area contributed by atoms with E-state index < -0.39 is 11.6 Å². The summed E-state index contributed by atoms with van der Waals surface area (Å²) in [5.41, 5.74) is -0.580. The zero-order valence-electron chi connectivity index (χ0n) is 18.3. The number of fused-ring (bicyclic) bond motifs is 1. The summed E-state index contributed by atoms with van der Waals surface area (Å²) < 4.78 is 27.9. The lowest BCUT2D eigenvalue weighted by molar-refractivity contribution is -0.157. The maximum absolute atomic E-state index is 13.0. The number of esters is 1. The molecule has 1 aromatic heterocycles. The van der Waals surface area contributed by atoms with Crippen molar-refractivity contribution >= 4 is 16.9 Å².